The summed E-state index contributed by atoms with van der Waals surface area (Å²) in [4.78, 5) is 7.09. The molecule has 0 spiro atoms. The van der Waals surface area contributed by atoms with Gasteiger partial charge in [0.05, 0.1) is 0 Å². The Morgan fingerprint density at radius 3 is 2.65 bits per heavy atom. The Kier molecular flexibility index (Phi) is 5.03. The van der Waals surface area contributed by atoms with Crippen LogP contribution in [0, 0.1) is 5.92 Å². The lowest BCUT2D eigenvalue weighted by Gasteiger charge is -2.30. The van der Waals surface area contributed by atoms with Crippen LogP contribution in [0.25, 0.3) is 0 Å². The van der Waals surface area contributed by atoms with Gasteiger partial charge in [-0.2, -0.15) is 0 Å². The first-order valence-corrected chi connectivity index (χ1v) is 7.93. The fourth-order valence-electron chi connectivity index (χ4n) is 2.79. The standard InChI is InChI=1S/C17H29N3/c1-5-20(13-14-7-6-10-18-11-14)16-9-8-15(12-19-16)17(2,3)4/h8-9,12,14,18H,5-7,10-11,13H2,1-4H3. The summed E-state index contributed by atoms with van der Waals surface area (Å²) < 4.78 is 0. The molecule has 1 saturated heterocycles. The van der Waals surface area contributed by atoms with Gasteiger partial charge in [-0.15, -0.1) is 0 Å². The summed E-state index contributed by atoms with van der Waals surface area (Å²) in [5.41, 5.74) is 1.48. The Hall–Kier alpha value is -1.09. The molecule has 3 heteroatoms. The van der Waals surface area contributed by atoms with Crippen LogP contribution >= 0.6 is 0 Å². The van der Waals surface area contributed by atoms with Gasteiger partial charge in [0.1, 0.15) is 5.82 Å². The van der Waals surface area contributed by atoms with Gasteiger partial charge in [0.2, 0.25) is 0 Å². The van der Waals surface area contributed by atoms with E-state index in [-0.39, 0.29) is 5.41 Å². The van der Waals surface area contributed by atoms with E-state index in [4.69, 9.17) is 0 Å². The number of piperidine rings is 1. The van der Waals surface area contributed by atoms with Gasteiger partial charge in [0.15, 0.2) is 0 Å². The number of aromatic nitrogens is 1. The zero-order valence-corrected chi connectivity index (χ0v) is 13.4. The highest BCUT2D eigenvalue weighted by atomic mass is 15.2. The van der Waals surface area contributed by atoms with Crippen LogP contribution < -0.4 is 10.2 Å². The van der Waals surface area contributed by atoms with E-state index < -0.39 is 0 Å². The Morgan fingerprint density at radius 1 is 1.35 bits per heavy atom. The minimum atomic E-state index is 0.176. The van der Waals surface area contributed by atoms with E-state index in [2.05, 4.69) is 55.0 Å². The summed E-state index contributed by atoms with van der Waals surface area (Å²) in [6, 6.07) is 4.41. The summed E-state index contributed by atoms with van der Waals surface area (Å²) in [5, 5.41) is 3.50. The number of anilines is 1. The second kappa shape index (κ2) is 6.57. The van der Waals surface area contributed by atoms with Gasteiger partial charge in [0, 0.05) is 19.3 Å². The van der Waals surface area contributed by atoms with Crippen LogP contribution in [0.1, 0.15) is 46.1 Å². The monoisotopic (exact) mass is 275 g/mol. The second-order valence-corrected chi connectivity index (χ2v) is 6.91. The molecule has 2 heterocycles. The quantitative estimate of drug-likeness (QED) is 0.914. The first-order chi connectivity index (χ1) is 9.50. The van der Waals surface area contributed by atoms with E-state index in [0.717, 1.165) is 31.4 Å². The zero-order chi connectivity index (χ0) is 14.6. The molecule has 0 radical (unpaired) electrons. The van der Waals surface area contributed by atoms with Crippen molar-refractivity contribution in [3.05, 3.63) is 23.9 Å². The van der Waals surface area contributed by atoms with Crippen molar-refractivity contribution < 1.29 is 0 Å². The smallest absolute Gasteiger partial charge is 0.128 e. The van der Waals surface area contributed by atoms with Crippen molar-refractivity contribution in [3.63, 3.8) is 0 Å². The van der Waals surface area contributed by atoms with Gasteiger partial charge in [-0.1, -0.05) is 26.8 Å². The van der Waals surface area contributed by atoms with Crippen molar-refractivity contribution in [2.75, 3.05) is 31.1 Å². The van der Waals surface area contributed by atoms with Crippen LogP contribution in [-0.2, 0) is 5.41 Å². The molecule has 0 saturated carbocycles. The van der Waals surface area contributed by atoms with Gasteiger partial charge in [-0.3, -0.25) is 0 Å². The maximum atomic E-state index is 4.69. The summed E-state index contributed by atoms with van der Waals surface area (Å²) in [6.07, 6.45) is 4.68. The first kappa shape index (κ1) is 15.3. The summed E-state index contributed by atoms with van der Waals surface area (Å²) >= 11 is 0. The van der Waals surface area contributed by atoms with E-state index in [1.54, 1.807) is 0 Å². The molecule has 0 bridgehead atoms. The third-order valence-electron chi connectivity index (χ3n) is 4.20. The molecule has 0 aromatic carbocycles. The average molecular weight is 275 g/mol. The molecular weight excluding hydrogens is 246 g/mol. The van der Waals surface area contributed by atoms with Gasteiger partial charge in [-0.25, -0.2) is 4.98 Å². The molecule has 1 aliphatic rings. The molecule has 1 fully saturated rings. The lowest BCUT2D eigenvalue weighted by atomic mass is 9.88. The molecule has 1 aromatic heterocycles. The van der Waals surface area contributed by atoms with Gasteiger partial charge in [-0.05, 0) is 55.8 Å². The van der Waals surface area contributed by atoms with Crippen molar-refractivity contribution >= 4 is 5.82 Å². The van der Waals surface area contributed by atoms with Gasteiger partial charge < -0.3 is 10.2 Å². The fourth-order valence-corrected chi connectivity index (χ4v) is 2.79. The Labute approximate surface area is 123 Å². The van der Waals surface area contributed by atoms with Crippen molar-refractivity contribution in [2.24, 2.45) is 5.92 Å². The van der Waals surface area contributed by atoms with E-state index in [1.807, 2.05) is 6.20 Å². The Bertz CT molecular complexity index is 399. The number of rotatable bonds is 4. The fraction of sp³-hybridized carbons (Fsp3) is 0.706. The van der Waals surface area contributed by atoms with E-state index >= 15 is 0 Å². The van der Waals surface area contributed by atoms with E-state index in [1.165, 1.54) is 24.9 Å². The number of nitrogens with one attached hydrogen (secondary N) is 1. The van der Waals surface area contributed by atoms with Crippen LogP contribution in [0.4, 0.5) is 5.82 Å². The highest BCUT2D eigenvalue weighted by Gasteiger charge is 2.18. The van der Waals surface area contributed by atoms with Crippen LogP contribution in [0.5, 0.6) is 0 Å². The SMILES string of the molecule is CCN(CC1CCCNC1)c1ccc(C(C)(C)C)cn1. The number of hydrogen-bond donors (Lipinski definition) is 1. The first-order valence-electron chi connectivity index (χ1n) is 7.93. The normalized spacial score (nSPS) is 19.9. The van der Waals surface area contributed by atoms with Crippen molar-refractivity contribution in [1.29, 1.82) is 0 Å². The molecule has 3 nitrogen and oxygen atoms in total. The topological polar surface area (TPSA) is 28.2 Å². The molecular formula is C17H29N3. The minimum Gasteiger partial charge on any atom is -0.357 e. The molecule has 1 N–H and O–H groups in total. The van der Waals surface area contributed by atoms with Crippen LogP contribution in [-0.4, -0.2) is 31.2 Å². The summed E-state index contributed by atoms with van der Waals surface area (Å²) in [7, 11) is 0. The Balaban J connectivity index is 2.03. The van der Waals surface area contributed by atoms with Crippen molar-refractivity contribution in [2.45, 2.75) is 46.0 Å². The Morgan fingerprint density at radius 2 is 2.15 bits per heavy atom. The molecule has 0 aliphatic carbocycles. The van der Waals surface area contributed by atoms with Gasteiger partial charge in [0.25, 0.3) is 0 Å². The third kappa shape index (κ3) is 3.95. The summed E-state index contributed by atoms with van der Waals surface area (Å²) in [5.74, 6) is 1.87. The second-order valence-electron chi connectivity index (χ2n) is 6.91. The molecule has 0 amide bonds. The van der Waals surface area contributed by atoms with E-state index in [9.17, 15) is 0 Å². The maximum absolute atomic E-state index is 4.69. The van der Waals surface area contributed by atoms with Gasteiger partial charge >= 0.3 is 0 Å². The molecule has 1 unspecified atom stereocenters. The number of nitrogens with zero attached hydrogens (tertiary/aromatic N) is 2. The van der Waals surface area contributed by atoms with Crippen LogP contribution in [0.15, 0.2) is 18.3 Å². The third-order valence-corrected chi connectivity index (χ3v) is 4.20. The minimum absolute atomic E-state index is 0.176. The number of hydrogen-bond acceptors (Lipinski definition) is 3. The van der Waals surface area contributed by atoms with Crippen LogP contribution in [0.3, 0.4) is 0 Å². The predicted molar refractivity (Wildman–Crippen MR) is 86.4 cm³/mol. The molecule has 1 atom stereocenters. The molecule has 112 valence electrons. The number of pyridine rings is 1. The lowest BCUT2D eigenvalue weighted by molar-refractivity contribution is 0.377. The molecule has 1 aromatic rings. The van der Waals surface area contributed by atoms with Crippen molar-refractivity contribution in [3.8, 4) is 0 Å². The van der Waals surface area contributed by atoms with E-state index in [0.29, 0.717) is 0 Å². The predicted octanol–water partition coefficient (Wildman–Crippen LogP) is 3.21. The highest BCUT2D eigenvalue weighted by molar-refractivity contribution is 5.40. The maximum Gasteiger partial charge on any atom is 0.128 e. The average Bonchev–Trinajstić information content (AvgIpc) is 2.45. The zero-order valence-electron chi connectivity index (χ0n) is 13.4. The van der Waals surface area contributed by atoms with Crippen molar-refractivity contribution in [1.82, 2.24) is 10.3 Å². The lowest BCUT2D eigenvalue weighted by Crippen LogP contribution is -2.38. The summed E-state index contributed by atoms with van der Waals surface area (Å²) in [6.45, 7) is 13.4. The largest absolute Gasteiger partial charge is 0.357 e. The highest BCUT2D eigenvalue weighted by Crippen LogP contribution is 2.23. The molecule has 20 heavy (non-hydrogen) atoms. The molecule has 2 rings (SSSR count). The molecule has 1 aliphatic heterocycles. The van der Waals surface area contributed by atoms with Crippen LogP contribution in [0.2, 0.25) is 0 Å².